The second kappa shape index (κ2) is 10.4. The molecule has 0 amide bonds. The van der Waals surface area contributed by atoms with E-state index in [2.05, 4.69) is 0 Å². The summed E-state index contributed by atoms with van der Waals surface area (Å²) in [5, 5.41) is 10.5. The van der Waals surface area contributed by atoms with E-state index in [1.54, 1.807) is 13.8 Å². The lowest BCUT2D eigenvalue weighted by Gasteiger charge is -2.16. The summed E-state index contributed by atoms with van der Waals surface area (Å²) in [4.78, 5) is 9.64. The number of rotatable bonds is 5. The van der Waals surface area contributed by atoms with E-state index >= 15 is 0 Å². The van der Waals surface area contributed by atoms with Gasteiger partial charge in [-0.25, -0.2) is 0 Å². The van der Waals surface area contributed by atoms with E-state index in [1.807, 2.05) is 0 Å². The molecular weight excluding hydrogens is 446 g/mol. The Kier molecular flexibility index (Phi) is 8.75. The van der Waals surface area contributed by atoms with Crippen molar-refractivity contribution in [2.75, 3.05) is 18.9 Å². The number of hydrogen-bond donors (Lipinski definition) is 1. The van der Waals surface area contributed by atoms with Crippen molar-refractivity contribution in [1.29, 1.82) is 0 Å². The van der Waals surface area contributed by atoms with Crippen LogP contribution in [-0.2, 0) is 12.4 Å². The summed E-state index contributed by atoms with van der Waals surface area (Å²) < 4.78 is 85.7. The highest BCUT2D eigenvalue weighted by molar-refractivity contribution is 5.54. The van der Waals surface area contributed by atoms with Gasteiger partial charge in [0, 0.05) is 17.8 Å². The smallest absolute Gasteiger partial charge is 0.420 e. The van der Waals surface area contributed by atoms with Crippen molar-refractivity contribution in [2.45, 2.75) is 40.0 Å². The number of alkyl halides is 6. The molecule has 0 radical (unpaired) electrons. The number of nitro benzene ring substituents is 1. The molecule has 32 heavy (non-hydrogen) atoms. The van der Waals surface area contributed by atoms with Gasteiger partial charge in [-0.3, -0.25) is 10.1 Å². The summed E-state index contributed by atoms with van der Waals surface area (Å²) in [6.07, 6.45) is -9.12. The third-order valence-corrected chi connectivity index (χ3v) is 3.96. The van der Waals surface area contributed by atoms with Crippen LogP contribution in [0.2, 0.25) is 0 Å². The largest absolute Gasteiger partial charge is 0.493 e. The average molecular weight is 468 g/mol. The monoisotopic (exact) mass is 468 g/mol. The molecule has 0 unspecified atom stereocenters. The van der Waals surface area contributed by atoms with Gasteiger partial charge in [-0.1, -0.05) is 0 Å². The van der Waals surface area contributed by atoms with Crippen molar-refractivity contribution >= 4 is 11.4 Å². The van der Waals surface area contributed by atoms with Gasteiger partial charge < -0.3 is 15.2 Å². The van der Waals surface area contributed by atoms with Crippen LogP contribution in [0.15, 0.2) is 24.3 Å². The molecule has 178 valence electrons. The number of benzene rings is 2. The Hall–Kier alpha value is -3.18. The Balaban J connectivity index is 0.000000323. The van der Waals surface area contributed by atoms with Crippen LogP contribution < -0.4 is 15.2 Å². The number of hydrogen-bond acceptors (Lipinski definition) is 5. The van der Waals surface area contributed by atoms with Gasteiger partial charge >= 0.3 is 12.4 Å². The Labute approximate surface area is 180 Å². The number of anilines is 1. The van der Waals surface area contributed by atoms with Gasteiger partial charge in [0.15, 0.2) is 0 Å². The fourth-order valence-electron chi connectivity index (χ4n) is 2.76. The molecule has 2 rings (SSSR count). The summed E-state index contributed by atoms with van der Waals surface area (Å²) in [6, 6.07) is 3.89. The van der Waals surface area contributed by atoms with E-state index in [4.69, 9.17) is 15.2 Å². The average Bonchev–Trinajstić information content (AvgIpc) is 2.64. The molecule has 0 bridgehead atoms. The fraction of sp³-hybridized carbons (Fsp3) is 0.400. The molecule has 0 aliphatic heterocycles. The van der Waals surface area contributed by atoms with Gasteiger partial charge in [0.1, 0.15) is 17.1 Å². The summed E-state index contributed by atoms with van der Waals surface area (Å²) in [7, 11) is 0. The third-order valence-electron chi connectivity index (χ3n) is 3.96. The molecule has 0 aliphatic carbocycles. The van der Waals surface area contributed by atoms with E-state index in [0.29, 0.717) is 11.6 Å². The van der Waals surface area contributed by atoms with Crippen molar-refractivity contribution in [3.63, 3.8) is 0 Å². The number of nitro groups is 1. The van der Waals surface area contributed by atoms with Gasteiger partial charge in [-0.15, -0.1) is 0 Å². The highest BCUT2D eigenvalue weighted by atomic mass is 19.4. The van der Waals surface area contributed by atoms with Crippen LogP contribution in [0.4, 0.5) is 37.7 Å². The van der Waals surface area contributed by atoms with Crippen molar-refractivity contribution < 1.29 is 40.7 Å². The maximum atomic E-state index is 12.7. The number of non-ortho nitro benzene ring substituents is 1. The van der Waals surface area contributed by atoms with E-state index < -0.39 is 34.1 Å². The predicted octanol–water partition coefficient (Wildman–Crippen LogP) is 6.32. The Bertz CT molecular complexity index is 959. The minimum Gasteiger partial charge on any atom is -0.493 e. The van der Waals surface area contributed by atoms with Crippen LogP contribution in [0, 0.1) is 24.0 Å². The summed E-state index contributed by atoms with van der Waals surface area (Å²) in [5.41, 5.74) is 3.40. The fourth-order valence-corrected chi connectivity index (χ4v) is 2.76. The zero-order valence-corrected chi connectivity index (χ0v) is 17.6. The first-order chi connectivity index (χ1) is 14.6. The van der Waals surface area contributed by atoms with E-state index in [0.717, 1.165) is 12.1 Å². The quantitative estimate of drug-likeness (QED) is 0.240. The second-order valence-electron chi connectivity index (χ2n) is 6.47. The minimum atomic E-state index is -4.68. The first-order valence-electron chi connectivity index (χ1n) is 9.22. The predicted molar refractivity (Wildman–Crippen MR) is 106 cm³/mol. The van der Waals surface area contributed by atoms with Crippen molar-refractivity contribution in [3.8, 4) is 11.5 Å². The highest BCUT2D eigenvalue weighted by Crippen LogP contribution is 2.41. The first-order valence-corrected chi connectivity index (χ1v) is 9.22. The number of halogens is 6. The first kappa shape index (κ1) is 26.9. The molecule has 0 saturated carbocycles. The SMILES string of the molecule is CCOc1c(C)cc(N)cc1C(F)(F)F.CCOc1c(C)cc([N+](=O)[O-])cc1C(F)(F)F. The van der Waals surface area contributed by atoms with E-state index in [9.17, 15) is 36.5 Å². The maximum Gasteiger partial charge on any atom is 0.420 e. The summed E-state index contributed by atoms with van der Waals surface area (Å²) in [6.45, 7) is 6.30. The van der Waals surface area contributed by atoms with Crippen LogP contribution in [0.5, 0.6) is 11.5 Å². The molecule has 0 aliphatic rings. The molecule has 0 heterocycles. The van der Waals surface area contributed by atoms with Crippen molar-refractivity contribution in [2.24, 2.45) is 0 Å². The van der Waals surface area contributed by atoms with Crippen LogP contribution >= 0.6 is 0 Å². The van der Waals surface area contributed by atoms with Crippen LogP contribution in [-0.4, -0.2) is 18.1 Å². The van der Waals surface area contributed by atoms with Crippen LogP contribution in [0.25, 0.3) is 0 Å². The number of nitrogen functional groups attached to an aromatic ring is 1. The molecule has 0 spiro atoms. The topological polar surface area (TPSA) is 87.6 Å². The molecule has 2 aromatic rings. The minimum absolute atomic E-state index is 0.0573. The molecule has 12 heteroatoms. The number of aryl methyl sites for hydroxylation is 2. The van der Waals surface area contributed by atoms with Gasteiger partial charge in [0.25, 0.3) is 5.69 Å². The molecule has 0 atom stereocenters. The standard InChI is InChI=1S/C10H10F3NO3.C10H12F3NO/c1-3-17-9-6(2)4-7(14(15)16)5-8(9)10(11,12)13;1-3-15-9-6(2)4-7(14)5-8(9)10(11,12)13/h4-5H,3H2,1-2H3;4-5H,3,14H2,1-2H3. The molecule has 0 saturated heterocycles. The Morgan fingerprint density at radius 1 is 0.844 bits per heavy atom. The Morgan fingerprint density at radius 2 is 1.25 bits per heavy atom. The van der Waals surface area contributed by atoms with Gasteiger partial charge in [0.05, 0.1) is 23.7 Å². The maximum absolute atomic E-state index is 12.7. The van der Waals surface area contributed by atoms with Crippen LogP contribution in [0.3, 0.4) is 0 Å². The lowest BCUT2D eigenvalue weighted by Crippen LogP contribution is -2.10. The van der Waals surface area contributed by atoms with Gasteiger partial charge in [0.2, 0.25) is 0 Å². The lowest BCUT2D eigenvalue weighted by molar-refractivity contribution is -0.385. The van der Waals surface area contributed by atoms with Crippen molar-refractivity contribution in [3.05, 3.63) is 56.6 Å². The summed E-state index contributed by atoms with van der Waals surface area (Å²) >= 11 is 0. The normalized spacial score (nSPS) is 11.4. The number of ether oxygens (including phenoxy) is 2. The highest BCUT2D eigenvalue weighted by Gasteiger charge is 2.37. The van der Waals surface area contributed by atoms with E-state index in [1.165, 1.54) is 19.9 Å². The Morgan fingerprint density at radius 3 is 1.62 bits per heavy atom. The summed E-state index contributed by atoms with van der Waals surface area (Å²) in [5.74, 6) is -0.496. The zero-order valence-electron chi connectivity index (χ0n) is 17.6. The lowest BCUT2D eigenvalue weighted by atomic mass is 10.1. The number of nitrogens with zero attached hydrogens (tertiary/aromatic N) is 1. The van der Waals surface area contributed by atoms with E-state index in [-0.39, 0.29) is 36.0 Å². The van der Waals surface area contributed by atoms with Crippen molar-refractivity contribution in [1.82, 2.24) is 0 Å². The molecule has 0 aromatic heterocycles. The van der Waals surface area contributed by atoms with Crippen LogP contribution in [0.1, 0.15) is 36.1 Å². The van der Waals surface area contributed by atoms with Gasteiger partial charge in [-0.05, 0) is 51.0 Å². The molecular formula is C20H22F6N2O4. The van der Waals surface area contributed by atoms with Gasteiger partial charge in [-0.2, -0.15) is 26.3 Å². The molecule has 0 fully saturated rings. The molecule has 2 aromatic carbocycles. The third kappa shape index (κ3) is 6.92. The number of nitrogens with two attached hydrogens (primary N) is 1. The zero-order chi connectivity index (χ0) is 24.9. The second-order valence-corrected chi connectivity index (χ2v) is 6.47. The molecule has 6 nitrogen and oxygen atoms in total. The molecule has 2 N–H and O–H groups in total.